The molecule has 0 spiro atoms. The molecule has 1 aromatic rings. The van der Waals surface area contributed by atoms with Crippen LogP contribution >= 0.6 is 0 Å². The lowest BCUT2D eigenvalue weighted by Gasteiger charge is -2.32. The highest BCUT2D eigenvalue weighted by Gasteiger charge is 2.19. The van der Waals surface area contributed by atoms with Crippen LogP contribution in [-0.2, 0) is 0 Å². The lowest BCUT2D eigenvalue weighted by atomic mass is 10.1. The molecule has 112 valence electrons. The van der Waals surface area contributed by atoms with E-state index in [-0.39, 0.29) is 11.9 Å². The summed E-state index contributed by atoms with van der Waals surface area (Å²) >= 11 is 0. The number of rotatable bonds is 5. The van der Waals surface area contributed by atoms with Gasteiger partial charge in [-0.25, -0.2) is 4.39 Å². The number of halogens is 1. The Morgan fingerprint density at radius 2 is 2.10 bits per heavy atom. The summed E-state index contributed by atoms with van der Waals surface area (Å²) in [5.41, 5.74) is 6.54. The van der Waals surface area contributed by atoms with Gasteiger partial charge in [-0.05, 0) is 30.9 Å². The molecule has 1 aliphatic heterocycles. The molecule has 4 heteroatoms. The topological polar surface area (TPSA) is 38.5 Å². The molecule has 1 atom stereocenters. The minimum Gasteiger partial charge on any atom is -0.493 e. The molecular weight excluding hydrogens is 255 g/mol. The van der Waals surface area contributed by atoms with Crippen LogP contribution in [0.5, 0.6) is 5.75 Å². The van der Waals surface area contributed by atoms with E-state index in [9.17, 15) is 4.39 Å². The molecule has 1 fully saturated rings. The average Bonchev–Trinajstić information content (AvgIpc) is 2.46. The van der Waals surface area contributed by atoms with Gasteiger partial charge in [-0.15, -0.1) is 0 Å². The highest BCUT2D eigenvalue weighted by atomic mass is 19.1. The summed E-state index contributed by atoms with van der Waals surface area (Å²) in [5.74, 6) is 0.892. The predicted octanol–water partition coefficient (Wildman–Crippen LogP) is 3.18. The van der Waals surface area contributed by atoms with Crippen molar-refractivity contribution in [1.82, 2.24) is 0 Å². The van der Waals surface area contributed by atoms with Gasteiger partial charge >= 0.3 is 0 Å². The van der Waals surface area contributed by atoms with Crippen LogP contribution in [0.2, 0.25) is 0 Å². The molecule has 1 aliphatic rings. The average molecular weight is 280 g/mol. The third kappa shape index (κ3) is 3.85. The van der Waals surface area contributed by atoms with E-state index >= 15 is 0 Å². The Bertz CT molecular complexity index is 430. The number of hydrogen-bond donors (Lipinski definition) is 1. The maximum absolute atomic E-state index is 14.2. The monoisotopic (exact) mass is 280 g/mol. The first-order valence-electron chi connectivity index (χ1n) is 7.53. The van der Waals surface area contributed by atoms with Gasteiger partial charge in [-0.2, -0.15) is 0 Å². The van der Waals surface area contributed by atoms with Crippen molar-refractivity contribution in [2.75, 3.05) is 24.6 Å². The van der Waals surface area contributed by atoms with E-state index < -0.39 is 0 Å². The number of ether oxygens (including phenoxy) is 1. The van der Waals surface area contributed by atoms with E-state index in [0.29, 0.717) is 24.0 Å². The van der Waals surface area contributed by atoms with Gasteiger partial charge in [-0.1, -0.05) is 20.3 Å². The zero-order valence-corrected chi connectivity index (χ0v) is 12.4. The Balaban J connectivity index is 1.98. The molecule has 3 nitrogen and oxygen atoms in total. The van der Waals surface area contributed by atoms with Crippen molar-refractivity contribution in [2.24, 2.45) is 11.7 Å². The quantitative estimate of drug-likeness (QED) is 0.900. The standard InChI is InChI=1S/C16H25FN2O/c1-3-12(2)11-20-14-4-5-16(15(17)10-14)19-8-6-13(18)7-9-19/h4-5,10,12-13H,3,6-9,11,18H2,1-2H3. The van der Waals surface area contributed by atoms with E-state index in [1.54, 1.807) is 0 Å². The van der Waals surface area contributed by atoms with Gasteiger partial charge in [0, 0.05) is 25.2 Å². The Kier molecular flexibility index (Phi) is 5.24. The third-order valence-corrected chi connectivity index (χ3v) is 4.03. The van der Waals surface area contributed by atoms with Gasteiger partial charge in [0.25, 0.3) is 0 Å². The summed E-state index contributed by atoms with van der Waals surface area (Å²) in [5, 5.41) is 0. The van der Waals surface area contributed by atoms with Crippen molar-refractivity contribution >= 4 is 5.69 Å². The molecule has 0 aromatic heterocycles. The van der Waals surface area contributed by atoms with E-state index in [0.717, 1.165) is 32.4 Å². The van der Waals surface area contributed by atoms with Gasteiger partial charge in [0.15, 0.2) is 0 Å². The summed E-state index contributed by atoms with van der Waals surface area (Å²) in [7, 11) is 0. The van der Waals surface area contributed by atoms with Crippen molar-refractivity contribution in [3.63, 3.8) is 0 Å². The number of anilines is 1. The Hall–Kier alpha value is -1.29. The number of benzene rings is 1. The second-order valence-corrected chi connectivity index (χ2v) is 5.76. The Morgan fingerprint density at radius 1 is 1.40 bits per heavy atom. The second-order valence-electron chi connectivity index (χ2n) is 5.76. The van der Waals surface area contributed by atoms with Crippen LogP contribution < -0.4 is 15.4 Å². The van der Waals surface area contributed by atoms with Crippen LogP contribution in [0.3, 0.4) is 0 Å². The Labute approximate surface area is 120 Å². The van der Waals surface area contributed by atoms with E-state index in [1.165, 1.54) is 6.07 Å². The fourth-order valence-electron chi connectivity index (χ4n) is 2.33. The molecule has 20 heavy (non-hydrogen) atoms. The molecule has 1 unspecified atom stereocenters. The van der Waals surface area contributed by atoms with E-state index in [4.69, 9.17) is 10.5 Å². The van der Waals surface area contributed by atoms with Crippen LogP contribution in [-0.4, -0.2) is 25.7 Å². The predicted molar refractivity (Wildman–Crippen MR) is 80.8 cm³/mol. The molecule has 0 radical (unpaired) electrons. The molecule has 2 rings (SSSR count). The maximum Gasteiger partial charge on any atom is 0.150 e. The van der Waals surface area contributed by atoms with Gasteiger partial charge in [0.2, 0.25) is 0 Å². The molecule has 1 saturated heterocycles. The lowest BCUT2D eigenvalue weighted by Crippen LogP contribution is -2.40. The van der Waals surface area contributed by atoms with E-state index in [2.05, 4.69) is 18.7 Å². The minimum atomic E-state index is -0.206. The third-order valence-electron chi connectivity index (χ3n) is 4.03. The largest absolute Gasteiger partial charge is 0.493 e. The van der Waals surface area contributed by atoms with Crippen LogP contribution in [0.15, 0.2) is 18.2 Å². The SMILES string of the molecule is CCC(C)COc1ccc(N2CCC(N)CC2)c(F)c1. The van der Waals surface area contributed by atoms with Crippen molar-refractivity contribution < 1.29 is 9.13 Å². The first-order valence-corrected chi connectivity index (χ1v) is 7.53. The normalized spacial score (nSPS) is 18.1. The van der Waals surface area contributed by atoms with Gasteiger partial charge in [-0.3, -0.25) is 0 Å². The number of nitrogens with zero attached hydrogens (tertiary/aromatic N) is 1. The maximum atomic E-state index is 14.2. The lowest BCUT2D eigenvalue weighted by molar-refractivity contribution is 0.255. The Morgan fingerprint density at radius 3 is 2.70 bits per heavy atom. The van der Waals surface area contributed by atoms with Crippen molar-refractivity contribution in [3.8, 4) is 5.75 Å². The highest BCUT2D eigenvalue weighted by Crippen LogP contribution is 2.26. The first-order chi connectivity index (χ1) is 9.60. The van der Waals surface area contributed by atoms with Gasteiger partial charge in [0.1, 0.15) is 11.6 Å². The second kappa shape index (κ2) is 6.93. The van der Waals surface area contributed by atoms with Crippen LogP contribution in [0.1, 0.15) is 33.1 Å². The fraction of sp³-hybridized carbons (Fsp3) is 0.625. The molecule has 0 bridgehead atoms. The molecule has 1 aromatic carbocycles. The van der Waals surface area contributed by atoms with Crippen LogP contribution in [0, 0.1) is 11.7 Å². The molecular formula is C16H25FN2O. The number of piperidine rings is 1. The van der Waals surface area contributed by atoms with Gasteiger partial charge < -0.3 is 15.4 Å². The van der Waals surface area contributed by atoms with E-state index in [1.807, 2.05) is 12.1 Å². The molecule has 1 heterocycles. The zero-order chi connectivity index (χ0) is 14.5. The van der Waals surface area contributed by atoms with Crippen LogP contribution in [0.4, 0.5) is 10.1 Å². The number of nitrogens with two attached hydrogens (primary N) is 1. The minimum absolute atomic E-state index is 0.206. The zero-order valence-electron chi connectivity index (χ0n) is 12.4. The summed E-state index contributed by atoms with van der Waals surface area (Å²) in [6, 6.07) is 5.42. The first kappa shape index (κ1) is 15.1. The van der Waals surface area contributed by atoms with Gasteiger partial charge in [0.05, 0.1) is 12.3 Å². The number of hydrogen-bond acceptors (Lipinski definition) is 3. The summed E-state index contributed by atoms with van der Waals surface area (Å²) in [6.07, 6.45) is 2.91. The molecule has 0 saturated carbocycles. The molecule has 2 N–H and O–H groups in total. The summed E-state index contributed by atoms with van der Waals surface area (Å²) < 4.78 is 19.8. The fourth-order valence-corrected chi connectivity index (χ4v) is 2.33. The van der Waals surface area contributed by atoms with Crippen LogP contribution in [0.25, 0.3) is 0 Å². The molecule has 0 aliphatic carbocycles. The summed E-state index contributed by atoms with van der Waals surface area (Å²) in [6.45, 7) is 6.53. The summed E-state index contributed by atoms with van der Waals surface area (Å²) in [4.78, 5) is 2.07. The highest BCUT2D eigenvalue weighted by molar-refractivity contribution is 5.51. The molecule has 0 amide bonds. The van der Waals surface area contributed by atoms with Crippen molar-refractivity contribution in [2.45, 2.75) is 39.2 Å². The van der Waals surface area contributed by atoms with Crippen molar-refractivity contribution in [1.29, 1.82) is 0 Å². The smallest absolute Gasteiger partial charge is 0.150 e. The van der Waals surface area contributed by atoms with Crippen molar-refractivity contribution in [3.05, 3.63) is 24.0 Å².